The zero-order valence-electron chi connectivity index (χ0n) is 10.6. The number of rotatable bonds is 6. The van der Waals surface area contributed by atoms with Crippen molar-refractivity contribution < 1.29 is 24.0 Å². The summed E-state index contributed by atoms with van der Waals surface area (Å²) in [4.78, 5) is 33.3. The van der Waals surface area contributed by atoms with Gasteiger partial charge in [0.05, 0.1) is 12.2 Å². The van der Waals surface area contributed by atoms with Gasteiger partial charge in [-0.1, -0.05) is 12.1 Å². The molecular weight excluding hydrogens is 254 g/mol. The van der Waals surface area contributed by atoms with Gasteiger partial charge in [0.1, 0.15) is 17.9 Å². The van der Waals surface area contributed by atoms with Gasteiger partial charge in [-0.15, -0.1) is 0 Å². The minimum absolute atomic E-state index is 0.306. The van der Waals surface area contributed by atoms with E-state index in [-0.39, 0.29) is 6.54 Å². The Morgan fingerprint density at radius 2 is 1.95 bits per heavy atom. The van der Waals surface area contributed by atoms with Crippen LogP contribution in [0.5, 0.6) is 0 Å². The Bertz CT molecular complexity index is 495. The van der Waals surface area contributed by atoms with E-state index in [1.165, 1.54) is 0 Å². The van der Waals surface area contributed by atoms with Gasteiger partial charge in [0.2, 0.25) is 5.91 Å². The van der Waals surface area contributed by atoms with Crippen LogP contribution in [0.2, 0.25) is 0 Å². The van der Waals surface area contributed by atoms with Crippen molar-refractivity contribution in [3.63, 3.8) is 0 Å². The molecule has 0 aliphatic carbocycles. The lowest BCUT2D eigenvalue weighted by atomic mass is 10.1. The largest absolute Gasteiger partial charge is 0.480 e. The minimum Gasteiger partial charge on any atom is -0.480 e. The van der Waals surface area contributed by atoms with Crippen LogP contribution in [0.1, 0.15) is 28.7 Å². The average molecular weight is 269 g/mol. The first-order chi connectivity index (χ1) is 8.95. The molecule has 0 aromatic carbocycles. The topological polar surface area (TPSA) is 122 Å². The molecule has 0 bridgehead atoms. The first-order valence-corrected chi connectivity index (χ1v) is 5.67. The molecule has 0 saturated heterocycles. The highest BCUT2D eigenvalue weighted by molar-refractivity contribution is 5.98. The second kappa shape index (κ2) is 6.53. The maximum atomic E-state index is 11.8. The summed E-state index contributed by atoms with van der Waals surface area (Å²) >= 11 is 0. The van der Waals surface area contributed by atoms with Crippen molar-refractivity contribution in [3.05, 3.63) is 17.0 Å². The van der Waals surface area contributed by atoms with Crippen LogP contribution in [0.25, 0.3) is 0 Å². The molecule has 0 fully saturated rings. The lowest BCUT2D eigenvalue weighted by Gasteiger charge is -2.05. The number of nitrogens with one attached hydrogen (secondary N) is 2. The minimum atomic E-state index is -1.15. The molecule has 1 aromatic rings. The molecule has 1 heterocycles. The van der Waals surface area contributed by atoms with E-state index in [1.54, 1.807) is 6.92 Å². The molecule has 0 unspecified atom stereocenters. The van der Waals surface area contributed by atoms with E-state index in [9.17, 15) is 14.4 Å². The van der Waals surface area contributed by atoms with Gasteiger partial charge in [0.15, 0.2) is 0 Å². The molecular formula is C11H15N3O5. The van der Waals surface area contributed by atoms with Gasteiger partial charge in [0.25, 0.3) is 5.91 Å². The predicted molar refractivity (Wildman–Crippen MR) is 63.6 cm³/mol. The number of nitrogens with zero attached hydrogens (tertiary/aromatic N) is 1. The van der Waals surface area contributed by atoms with Gasteiger partial charge < -0.3 is 20.3 Å². The number of hydrogen-bond acceptors (Lipinski definition) is 5. The molecule has 0 radical (unpaired) electrons. The third-order valence-electron chi connectivity index (χ3n) is 2.34. The van der Waals surface area contributed by atoms with Crippen LogP contribution in [0.3, 0.4) is 0 Å². The van der Waals surface area contributed by atoms with Crippen LogP contribution in [-0.4, -0.2) is 41.1 Å². The van der Waals surface area contributed by atoms with Crippen molar-refractivity contribution in [2.24, 2.45) is 0 Å². The Kier molecular flexibility index (Phi) is 5.04. The average Bonchev–Trinajstić information content (AvgIpc) is 2.74. The molecule has 0 spiro atoms. The monoisotopic (exact) mass is 269 g/mol. The number of carboxylic acids is 1. The van der Waals surface area contributed by atoms with Crippen molar-refractivity contribution in [2.75, 3.05) is 13.1 Å². The number of amides is 2. The Labute approximate surface area is 109 Å². The first kappa shape index (κ1) is 14.7. The smallest absolute Gasteiger partial charge is 0.322 e. The molecule has 1 rings (SSSR count). The van der Waals surface area contributed by atoms with Crippen LogP contribution >= 0.6 is 0 Å². The maximum absolute atomic E-state index is 11.8. The summed E-state index contributed by atoms with van der Waals surface area (Å²) in [5, 5.41) is 16.6. The number of aryl methyl sites for hydroxylation is 2. The molecule has 0 atom stereocenters. The van der Waals surface area contributed by atoms with Crippen molar-refractivity contribution >= 4 is 17.8 Å². The van der Waals surface area contributed by atoms with Crippen molar-refractivity contribution in [2.45, 2.75) is 20.3 Å². The fourth-order valence-corrected chi connectivity index (χ4v) is 1.44. The number of hydrogen-bond donors (Lipinski definition) is 3. The number of carboxylic acid groups (broad SMARTS) is 1. The lowest BCUT2D eigenvalue weighted by molar-refractivity contribution is -0.137. The molecule has 19 heavy (non-hydrogen) atoms. The van der Waals surface area contributed by atoms with Crippen molar-refractivity contribution in [3.8, 4) is 0 Å². The summed E-state index contributed by atoms with van der Waals surface area (Å²) in [5.74, 6) is -1.83. The maximum Gasteiger partial charge on any atom is 0.322 e. The third-order valence-corrected chi connectivity index (χ3v) is 2.34. The number of carbonyl (C=O) groups excluding carboxylic acids is 2. The van der Waals surface area contributed by atoms with Crippen LogP contribution in [-0.2, 0) is 16.0 Å². The number of aromatic nitrogens is 1. The normalized spacial score (nSPS) is 10.0. The molecule has 0 aliphatic heterocycles. The van der Waals surface area contributed by atoms with Crippen LogP contribution in [0, 0.1) is 6.92 Å². The quantitative estimate of drug-likeness (QED) is 0.638. The van der Waals surface area contributed by atoms with Crippen LogP contribution < -0.4 is 10.6 Å². The van der Waals surface area contributed by atoms with E-state index in [0.717, 1.165) is 0 Å². The molecule has 8 heteroatoms. The number of aliphatic carboxylic acids is 1. The van der Waals surface area contributed by atoms with E-state index in [1.807, 2.05) is 6.92 Å². The fourth-order valence-electron chi connectivity index (χ4n) is 1.44. The van der Waals surface area contributed by atoms with Gasteiger partial charge in [-0.3, -0.25) is 14.4 Å². The fraction of sp³-hybridized carbons (Fsp3) is 0.455. The molecule has 3 N–H and O–H groups in total. The second-order valence-electron chi connectivity index (χ2n) is 3.77. The third kappa shape index (κ3) is 4.09. The Morgan fingerprint density at radius 1 is 1.26 bits per heavy atom. The molecule has 0 saturated carbocycles. The molecule has 104 valence electrons. The zero-order valence-corrected chi connectivity index (χ0v) is 10.6. The Hall–Kier alpha value is -2.38. The van der Waals surface area contributed by atoms with E-state index in [4.69, 9.17) is 9.63 Å². The zero-order chi connectivity index (χ0) is 14.4. The molecule has 0 aliphatic rings. The summed E-state index contributed by atoms with van der Waals surface area (Å²) < 4.78 is 4.90. The van der Waals surface area contributed by atoms with Crippen LogP contribution in [0.15, 0.2) is 4.52 Å². The highest BCUT2D eigenvalue weighted by Gasteiger charge is 2.19. The SMILES string of the molecule is CCc1noc(C)c1C(=O)NCC(=O)NCC(=O)O. The lowest BCUT2D eigenvalue weighted by Crippen LogP contribution is -2.39. The highest BCUT2D eigenvalue weighted by atomic mass is 16.5. The second-order valence-corrected chi connectivity index (χ2v) is 3.77. The van der Waals surface area contributed by atoms with Gasteiger partial charge in [0, 0.05) is 0 Å². The summed E-state index contributed by atoms with van der Waals surface area (Å²) in [7, 11) is 0. The van der Waals surface area contributed by atoms with Crippen molar-refractivity contribution in [1.29, 1.82) is 0 Å². The summed E-state index contributed by atoms with van der Waals surface area (Å²) in [5.41, 5.74) is 0.828. The first-order valence-electron chi connectivity index (χ1n) is 5.67. The Morgan fingerprint density at radius 3 is 2.53 bits per heavy atom. The predicted octanol–water partition coefficient (Wildman–Crippen LogP) is -0.524. The summed E-state index contributed by atoms with van der Waals surface area (Å²) in [6, 6.07) is 0. The molecule has 1 aromatic heterocycles. The van der Waals surface area contributed by atoms with E-state index in [0.29, 0.717) is 23.4 Å². The number of carbonyl (C=O) groups is 3. The molecule has 2 amide bonds. The van der Waals surface area contributed by atoms with Gasteiger partial charge in [-0.05, 0) is 13.3 Å². The van der Waals surface area contributed by atoms with E-state index in [2.05, 4.69) is 15.8 Å². The van der Waals surface area contributed by atoms with Gasteiger partial charge >= 0.3 is 5.97 Å². The van der Waals surface area contributed by atoms with Gasteiger partial charge in [-0.2, -0.15) is 0 Å². The molecule has 8 nitrogen and oxygen atoms in total. The summed E-state index contributed by atoms with van der Waals surface area (Å²) in [6.07, 6.45) is 0.533. The highest BCUT2D eigenvalue weighted by Crippen LogP contribution is 2.13. The summed E-state index contributed by atoms with van der Waals surface area (Å²) in [6.45, 7) is 2.64. The standard InChI is InChI=1S/C11H15N3O5/c1-3-7-10(6(2)19-14-7)11(18)13-4-8(15)12-5-9(16)17/h3-5H2,1-2H3,(H,12,15)(H,13,18)(H,16,17). The Balaban J connectivity index is 2.53. The van der Waals surface area contributed by atoms with E-state index >= 15 is 0 Å². The van der Waals surface area contributed by atoms with Crippen LogP contribution in [0.4, 0.5) is 0 Å². The van der Waals surface area contributed by atoms with Crippen molar-refractivity contribution in [1.82, 2.24) is 15.8 Å². The van der Waals surface area contributed by atoms with Gasteiger partial charge in [-0.25, -0.2) is 0 Å². The van der Waals surface area contributed by atoms with E-state index < -0.39 is 24.3 Å².